The maximum absolute atomic E-state index is 13.0. The Morgan fingerprint density at radius 3 is 2.96 bits per heavy atom. The van der Waals surface area contributed by atoms with Gasteiger partial charge in [0, 0.05) is 63.8 Å². The van der Waals surface area contributed by atoms with Crippen molar-refractivity contribution in [3.05, 3.63) is 42.6 Å². The van der Waals surface area contributed by atoms with Crippen molar-refractivity contribution in [2.45, 2.75) is 24.0 Å². The summed E-state index contributed by atoms with van der Waals surface area (Å²) in [7, 11) is -1.80. The number of pyridine rings is 1. The number of aromatic nitrogens is 3. The van der Waals surface area contributed by atoms with Gasteiger partial charge in [-0.3, -0.25) is 9.88 Å². The molecular formula is C18H25N5O3S. The Labute approximate surface area is 159 Å². The first kappa shape index (κ1) is 18.5. The maximum atomic E-state index is 13.0. The number of nitrogens with zero attached hydrogens (tertiary/aromatic N) is 5. The molecule has 4 rings (SSSR count). The average Bonchev–Trinajstić information content (AvgIpc) is 3.02. The van der Waals surface area contributed by atoms with Crippen LogP contribution in [0.25, 0.3) is 0 Å². The molecule has 0 radical (unpaired) electrons. The number of hydrogen-bond acceptors (Lipinski definition) is 6. The van der Waals surface area contributed by atoms with E-state index in [4.69, 9.17) is 4.74 Å². The van der Waals surface area contributed by atoms with Gasteiger partial charge < -0.3 is 9.30 Å². The number of imidazole rings is 1. The number of rotatable bonds is 4. The van der Waals surface area contributed by atoms with Gasteiger partial charge >= 0.3 is 0 Å². The molecule has 0 unspecified atom stereocenters. The molecule has 2 saturated heterocycles. The summed E-state index contributed by atoms with van der Waals surface area (Å²) in [5.74, 6) is 0.333. The molecule has 2 aromatic rings. The zero-order chi connectivity index (χ0) is 18.9. The highest BCUT2D eigenvalue weighted by atomic mass is 32.2. The molecule has 2 fully saturated rings. The number of aryl methyl sites for hydroxylation is 1. The number of sulfonamides is 1. The van der Waals surface area contributed by atoms with Crippen molar-refractivity contribution < 1.29 is 13.2 Å². The minimum absolute atomic E-state index is 0.118. The molecule has 0 spiro atoms. The Kier molecular flexibility index (Phi) is 5.27. The normalized spacial score (nSPS) is 25.1. The van der Waals surface area contributed by atoms with E-state index in [2.05, 4.69) is 20.9 Å². The van der Waals surface area contributed by atoms with Gasteiger partial charge in [-0.2, -0.15) is 4.31 Å². The van der Waals surface area contributed by atoms with Crippen molar-refractivity contribution in [2.24, 2.45) is 13.0 Å². The lowest BCUT2D eigenvalue weighted by atomic mass is 9.92. The quantitative estimate of drug-likeness (QED) is 0.764. The van der Waals surface area contributed by atoms with E-state index < -0.39 is 10.0 Å². The van der Waals surface area contributed by atoms with Crippen molar-refractivity contribution in [2.75, 3.05) is 32.8 Å². The van der Waals surface area contributed by atoms with Crippen LogP contribution in [0, 0.1) is 5.92 Å². The van der Waals surface area contributed by atoms with Gasteiger partial charge in [0.2, 0.25) is 0 Å². The van der Waals surface area contributed by atoms with Gasteiger partial charge in [0.15, 0.2) is 5.03 Å². The fourth-order valence-electron chi connectivity index (χ4n) is 3.94. The lowest BCUT2D eigenvalue weighted by Crippen LogP contribution is -2.54. The number of piperidine rings is 1. The molecule has 2 aliphatic rings. The number of ether oxygens (including phenoxy) is 1. The Bertz CT molecular complexity index is 870. The van der Waals surface area contributed by atoms with Crippen LogP contribution in [0.1, 0.15) is 12.0 Å². The molecule has 2 aromatic heterocycles. The predicted molar refractivity (Wildman–Crippen MR) is 99.3 cm³/mol. The van der Waals surface area contributed by atoms with Crippen LogP contribution < -0.4 is 0 Å². The van der Waals surface area contributed by atoms with E-state index in [0.29, 0.717) is 32.2 Å². The van der Waals surface area contributed by atoms with Crippen LogP contribution >= 0.6 is 0 Å². The van der Waals surface area contributed by atoms with Crippen LogP contribution in [-0.2, 0) is 28.4 Å². The second-order valence-electron chi connectivity index (χ2n) is 7.26. The van der Waals surface area contributed by atoms with Gasteiger partial charge in [-0.1, -0.05) is 6.07 Å². The zero-order valence-corrected chi connectivity index (χ0v) is 16.3. The van der Waals surface area contributed by atoms with E-state index >= 15 is 0 Å². The van der Waals surface area contributed by atoms with E-state index in [-0.39, 0.29) is 11.1 Å². The zero-order valence-electron chi connectivity index (χ0n) is 15.4. The van der Waals surface area contributed by atoms with Crippen LogP contribution in [0.5, 0.6) is 0 Å². The van der Waals surface area contributed by atoms with Crippen molar-refractivity contribution in [1.82, 2.24) is 23.7 Å². The van der Waals surface area contributed by atoms with Gasteiger partial charge in [0.1, 0.15) is 0 Å². The van der Waals surface area contributed by atoms with Crippen LogP contribution in [0.2, 0.25) is 0 Å². The lowest BCUT2D eigenvalue weighted by Gasteiger charge is -2.41. The SMILES string of the molecule is Cn1cnc(S(=O)(=O)N2CC[C@@H]3COCCN(Cc4cccnc4)[C@@H]3C2)c1. The fourth-order valence-corrected chi connectivity index (χ4v) is 5.38. The first-order chi connectivity index (χ1) is 13.0. The van der Waals surface area contributed by atoms with Crippen molar-refractivity contribution in [3.63, 3.8) is 0 Å². The van der Waals surface area contributed by atoms with Crippen molar-refractivity contribution in [3.8, 4) is 0 Å². The second-order valence-corrected chi connectivity index (χ2v) is 9.15. The summed E-state index contributed by atoms with van der Waals surface area (Å²) in [5, 5.41) is 0.118. The van der Waals surface area contributed by atoms with Crippen LogP contribution in [0.4, 0.5) is 0 Å². The third-order valence-corrected chi connectivity index (χ3v) is 7.15. The van der Waals surface area contributed by atoms with Gasteiger partial charge in [-0.05, 0) is 18.1 Å². The smallest absolute Gasteiger partial charge is 0.262 e. The highest BCUT2D eigenvalue weighted by molar-refractivity contribution is 7.89. The van der Waals surface area contributed by atoms with E-state index in [1.54, 1.807) is 28.3 Å². The first-order valence-corrected chi connectivity index (χ1v) is 10.7. The Morgan fingerprint density at radius 2 is 2.22 bits per heavy atom. The molecule has 146 valence electrons. The summed E-state index contributed by atoms with van der Waals surface area (Å²) in [6, 6.07) is 4.11. The van der Waals surface area contributed by atoms with Gasteiger partial charge in [-0.15, -0.1) is 0 Å². The lowest BCUT2D eigenvalue weighted by molar-refractivity contribution is 0.0765. The maximum Gasteiger partial charge on any atom is 0.262 e. The molecule has 2 aliphatic heterocycles. The van der Waals surface area contributed by atoms with E-state index in [1.807, 2.05) is 12.3 Å². The van der Waals surface area contributed by atoms with Gasteiger partial charge in [-0.25, -0.2) is 13.4 Å². The molecule has 8 nitrogen and oxygen atoms in total. The fraction of sp³-hybridized carbons (Fsp3) is 0.556. The molecule has 27 heavy (non-hydrogen) atoms. The van der Waals surface area contributed by atoms with E-state index in [1.165, 1.54) is 6.33 Å². The van der Waals surface area contributed by atoms with Gasteiger partial charge in [0.05, 0.1) is 19.5 Å². The summed E-state index contributed by atoms with van der Waals surface area (Å²) in [6.45, 7) is 3.85. The summed E-state index contributed by atoms with van der Waals surface area (Å²) in [5.41, 5.74) is 1.13. The Balaban J connectivity index is 1.56. The third-order valence-electron chi connectivity index (χ3n) is 5.40. The third kappa shape index (κ3) is 3.91. The molecule has 4 heterocycles. The molecule has 0 saturated carbocycles. The molecule has 2 atom stereocenters. The summed E-state index contributed by atoms with van der Waals surface area (Å²) < 4.78 is 35.1. The highest BCUT2D eigenvalue weighted by Crippen LogP contribution is 2.29. The monoisotopic (exact) mass is 391 g/mol. The molecule has 0 aliphatic carbocycles. The largest absolute Gasteiger partial charge is 0.380 e. The molecule has 0 aromatic carbocycles. The minimum atomic E-state index is -3.58. The van der Waals surface area contributed by atoms with E-state index in [9.17, 15) is 8.42 Å². The summed E-state index contributed by atoms with van der Waals surface area (Å²) in [6.07, 6.45) is 7.50. The molecule has 0 bridgehead atoms. The first-order valence-electron chi connectivity index (χ1n) is 9.23. The molecule has 9 heteroatoms. The van der Waals surface area contributed by atoms with Crippen molar-refractivity contribution >= 4 is 10.0 Å². The van der Waals surface area contributed by atoms with Crippen LogP contribution in [0.3, 0.4) is 0 Å². The highest BCUT2D eigenvalue weighted by Gasteiger charge is 2.40. The Hall–Kier alpha value is -1.81. The molecule has 0 N–H and O–H groups in total. The van der Waals surface area contributed by atoms with Gasteiger partial charge in [0.25, 0.3) is 10.0 Å². The molecule has 0 amide bonds. The number of fused-ring (bicyclic) bond motifs is 1. The predicted octanol–water partition coefficient (Wildman–Crippen LogP) is 0.727. The van der Waals surface area contributed by atoms with Crippen LogP contribution in [-0.4, -0.2) is 71.0 Å². The molecular weight excluding hydrogens is 366 g/mol. The number of hydrogen-bond donors (Lipinski definition) is 0. The minimum Gasteiger partial charge on any atom is -0.380 e. The summed E-state index contributed by atoms with van der Waals surface area (Å²) in [4.78, 5) is 10.6. The standard InChI is InChI=1S/C18H25N5O3S/c1-21-12-18(20-14-21)27(24,25)23-6-4-16-13-26-8-7-22(17(16)11-23)10-15-3-2-5-19-9-15/h2-3,5,9,12,14,16-17H,4,6-8,10-11,13H2,1H3/t16-,17-/m1/s1. The second kappa shape index (κ2) is 7.67. The topological polar surface area (TPSA) is 80.6 Å². The van der Waals surface area contributed by atoms with Crippen LogP contribution in [0.15, 0.2) is 42.1 Å². The Morgan fingerprint density at radius 1 is 1.33 bits per heavy atom. The summed E-state index contributed by atoms with van der Waals surface area (Å²) >= 11 is 0. The van der Waals surface area contributed by atoms with E-state index in [0.717, 1.165) is 25.1 Å². The van der Waals surface area contributed by atoms with Crippen molar-refractivity contribution in [1.29, 1.82) is 0 Å². The average molecular weight is 391 g/mol.